The molecule has 1 aliphatic rings. The van der Waals surface area contributed by atoms with Gasteiger partial charge in [0.05, 0.1) is 41.6 Å². The molecule has 0 saturated carbocycles. The van der Waals surface area contributed by atoms with Crippen LogP contribution in [0.15, 0.2) is 36.4 Å². The van der Waals surface area contributed by atoms with Gasteiger partial charge in [-0.3, -0.25) is 10.1 Å². The summed E-state index contributed by atoms with van der Waals surface area (Å²) in [6, 6.07) is 9.23. The van der Waals surface area contributed by atoms with Crippen molar-refractivity contribution in [3.8, 4) is 6.07 Å². The number of anilines is 3. The lowest BCUT2D eigenvalue weighted by atomic mass is 10.1. The van der Waals surface area contributed by atoms with Crippen molar-refractivity contribution in [3.05, 3.63) is 52.5 Å². The first-order valence-corrected chi connectivity index (χ1v) is 9.90. The van der Waals surface area contributed by atoms with Crippen LogP contribution >= 0.6 is 11.6 Å². The molecule has 2 N–H and O–H groups in total. The number of amides is 2. The van der Waals surface area contributed by atoms with Crippen LogP contribution < -0.4 is 15.5 Å². The summed E-state index contributed by atoms with van der Waals surface area (Å²) in [4.78, 5) is 25.5. The van der Waals surface area contributed by atoms with Gasteiger partial charge in [-0.25, -0.2) is 4.79 Å². The Labute approximate surface area is 191 Å². The molecule has 0 radical (unpaired) electrons. The number of carbonyl (C=O) groups is 2. The van der Waals surface area contributed by atoms with Crippen molar-refractivity contribution in [3.63, 3.8) is 0 Å². The van der Waals surface area contributed by atoms with Gasteiger partial charge in [0.2, 0.25) is 0 Å². The van der Waals surface area contributed by atoms with E-state index in [2.05, 4.69) is 15.4 Å². The lowest BCUT2D eigenvalue weighted by Gasteiger charge is -2.23. The van der Waals surface area contributed by atoms with Crippen molar-refractivity contribution < 1.29 is 32.2 Å². The lowest BCUT2D eigenvalue weighted by Crippen LogP contribution is -2.32. The summed E-state index contributed by atoms with van der Waals surface area (Å²) in [6.07, 6.45) is -7.08. The fraction of sp³-hybridized carbons (Fsp3) is 0.286. The van der Waals surface area contributed by atoms with E-state index >= 15 is 0 Å². The number of carbonyl (C=O) groups excluding carboxylic acids is 2. The SMILES string of the molecule is COC(=O)Nc1ccc(NC(=O)[C@@H]2CN(c3ccc(C#N)c(C(F)(F)F)c3)[C@@H](C)O2)c(Cl)c1. The molecular formula is C21H18ClF3N4O4. The van der Waals surface area contributed by atoms with Gasteiger partial charge in [-0.1, -0.05) is 11.6 Å². The highest BCUT2D eigenvalue weighted by Gasteiger charge is 2.38. The molecule has 3 rings (SSSR count). The smallest absolute Gasteiger partial charge is 0.417 e. The summed E-state index contributed by atoms with van der Waals surface area (Å²) in [5, 5.41) is 14.1. The normalized spacial score (nSPS) is 17.9. The Morgan fingerprint density at radius 3 is 2.58 bits per heavy atom. The molecule has 0 bridgehead atoms. The highest BCUT2D eigenvalue weighted by Crippen LogP contribution is 2.36. The molecule has 0 spiro atoms. The van der Waals surface area contributed by atoms with Gasteiger partial charge in [-0.15, -0.1) is 0 Å². The van der Waals surface area contributed by atoms with E-state index in [9.17, 15) is 22.8 Å². The molecule has 8 nitrogen and oxygen atoms in total. The van der Waals surface area contributed by atoms with Crippen LogP contribution in [0.5, 0.6) is 0 Å². The van der Waals surface area contributed by atoms with E-state index in [-0.39, 0.29) is 22.9 Å². The predicted octanol–water partition coefficient (Wildman–Crippen LogP) is 4.60. The van der Waals surface area contributed by atoms with Crippen LogP contribution in [-0.2, 0) is 20.4 Å². The topological polar surface area (TPSA) is 104 Å². The maximum Gasteiger partial charge on any atom is 0.417 e. The minimum absolute atomic E-state index is 0.0181. The number of nitriles is 1. The Bertz CT molecular complexity index is 1120. The number of ether oxygens (including phenoxy) is 2. The Morgan fingerprint density at radius 1 is 1.24 bits per heavy atom. The van der Waals surface area contributed by atoms with E-state index in [1.54, 1.807) is 6.92 Å². The maximum absolute atomic E-state index is 13.3. The monoisotopic (exact) mass is 482 g/mol. The summed E-state index contributed by atoms with van der Waals surface area (Å²) in [7, 11) is 1.21. The number of hydrogen-bond acceptors (Lipinski definition) is 6. The van der Waals surface area contributed by atoms with Crippen molar-refractivity contribution in [1.82, 2.24) is 0 Å². The Morgan fingerprint density at radius 2 is 1.97 bits per heavy atom. The summed E-state index contributed by atoms with van der Waals surface area (Å²) in [6.45, 7) is 1.58. The average molecular weight is 483 g/mol. The highest BCUT2D eigenvalue weighted by molar-refractivity contribution is 6.34. The van der Waals surface area contributed by atoms with Crippen molar-refractivity contribution in [1.29, 1.82) is 5.26 Å². The minimum atomic E-state index is -4.70. The number of halogens is 4. The van der Waals surface area contributed by atoms with E-state index in [0.717, 1.165) is 12.1 Å². The summed E-state index contributed by atoms with van der Waals surface area (Å²) >= 11 is 6.16. The predicted molar refractivity (Wildman–Crippen MR) is 114 cm³/mol. The summed E-state index contributed by atoms with van der Waals surface area (Å²) in [5.41, 5.74) is -0.781. The van der Waals surface area contributed by atoms with Crippen LogP contribution in [0.2, 0.25) is 5.02 Å². The molecule has 174 valence electrons. The molecule has 12 heteroatoms. The minimum Gasteiger partial charge on any atom is -0.453 e. The van der Waals surface area contributed by atoms with Crippen LogP contribution in [-0.4, -0.2) is 38.0 Å². The standard InChI is InChI=1S/C21H18ClF3N4O4/c1-11-29(14-5-3-12(9-26)15(8-14)21(23,24)25)10-18(33-11)19(30)28-17-6-4-13(7-16(17)22)27-20(31)32-2/h3-8,11,18H,10H2,1-2H3,(H,27,31)(H,28,30)/t11-,18+/m1/s1. The molecule has 1 aliphatic heterocycles. The molecule has 1 heterocycles. The Kier molecular flexibility index (Phi) is 7.00. The second-order valence-electron chi connectivity index (χ2n) is 7.02. The van der Waals surface area contributed by atoms with Crippen molar-refractivity contribution >= 4 is 40.7 Å². The molecule has 1 fully saturated rings. The van der Waals surface area contributed by atoms with Crippen LogP contribution in [0.4, 0.5) is 35.0 Å². The molecule has 2 amide bonds. The number of nitrogens with zero attached hydrogens (tertiary/aromatic N) is 2. The molecule has 1 saturated heterocycles. The van der Waals surface area contributed by atoms with Crippen molar-refractivity contribution in [2.75, 3.05) is 29.2 Å². The van der Waals surface area contributed by atoms with Gasteiger partial charge >= 0.3 is 12.3 Å². The van der Waals surface area contributed by atoms with Crippen LogP contribution in [0.1, 0.15) is 18.1 Å². The molecule has 2 aromatic rings. The van der Waals surface area contributed by atoms with E-state index in [4.69, 9.17) is 21.6 Å². The first-order chi connectivity index (χ1) is 15.5. The van der Waals surface area contributed by atoms with E-state index in [1.807, 2.05) is 0 Å². The summed E-state index contributed by atoms with van der Waals surface area (Å²) in [5.74, 6) is -0.551. The van der Waals surface area contributed by atoms with Gasteiger partial charge in [0.15, 0.2) is 6.10 Å². The molecule has 2 aromatic carbocycles. The maximum atomic E-state index is 13.3. The third kappa shape index (κ3) is 5.47. The second kappa shape index (κ2) is 9.56. The van der Waals surface area contributed by atoms with Crippen LogP contribution in [0, 0.1) is 11.3 Å². The van der Waals surface area contributed by atoms with Crippen LogP contribution in [0.25, 0.3) is 0 Å². The highest BCUT2D eigenvalue weighted by atomic mass is 35.5. The van der Waals surface area contributed by atoms with Crippen molar-refractivity contribution in [2.45, 2.75) is 25.4 Å². The number of methoxy groups -OCH3 is 1. The molecule has 33 heavy (non-hydrogen) atoms. The third-order valence-corrected chi connectivity index (χ3v) is 5.19. The van der Waals surface area contributed by atoms with Crippen molar-refractivity contribution in [2.24, 2.45) is 0 Å². The van der Waals surface area contributed by atoms with Gasteiger partial charge < -0.3 is 19.7 Å². The molecule has 2 atom stereocenters. The van der Waals surface area contributed by atoms with Gasteiger partial charge in [-0.2, -0.15) is 18.4 Å². The number of rotatable bonds is 4. The molecule has 0 aliphatic carbocycles. The average Bonchev–Trinajstić information content (AvgIpc) is 3.16. The number of hydrogen-bond donors (Lipinski definition) is 2. The zero-order valence-electron chi connectivity index (χ0n) is 17.4. The number of alkyl halides is 3. The first-order valence-electron chi connectivity index (χ1n) is 9.52. The lowest BCUT2D eigenvalue weighted by molar-refractivity contribution is -0.137. The fourth-order valence-electron chi connectivity index (χ4n) is 3.26. The number of benzene rings is 2. The second-order valence-corrected chi connectivity index (χ2v) is 7.42. The van der Waals surface area contributed by atoms with E-state index in [0.29, 0.717) is 5.69 Å². The number of nitrogens with one attached hydrogen (secondary N) is 2. The summed E-state index contributed by atoms with van der Waals surface area (Å²) < 4.78 is 50.0. The Balaban J connectivity index is 1.73. The fourth-order valence-corrected chi connectivity index (χ4v) is 3.49. The van der Waals surface area contributed by atoms with Gasteiger partial charge in [-0.05, 0) is 43.3 Å². The van der Waals surface area contributed by atoms with Gasteiger partial charge in [0.25, 0.3) is 5.91 Å². The van der Waals surface area contributed by atoms with E-state index in [1.165, 1.54) is 42.3 Å². The largest absolute Gasteiger partial charge is 0.453 e. The Hall–Kier alpha value is -3.49. The van der Waals surface area contributed by atoms with Crippen LogP contribution in [0.3, 0.4) is 0 Å². The van der Waals surface area contributed by atoms with Gasteiger partial charge in [0.1, 0.15) is 6.23 Å². The quantitative estimate of drug-likeness (QED) is 0.660. The zero-order chi connectivity index (χ0) is 24.3. The zero-order valence-corrected chi connectivity index (χ0v) is 18.1. The third-order valence-electron chi connectivity index (χ3n) is 4.87. The van der Waals surface area contributed by atoms with Gasteiger partial charge in [0, 0.05) is 11.4 Å². The van der Waals surface area contributed by atoms with E-state index < -0.39 is 41.6 Å². The molecule has 0 aromatic heterocycles. The molecular weight excluding hydrogens is 465 g/mol. The first kappa shape index (κ1) is 24.2. The molecule has 0 unspecified atom stereocenters.